The van der Waals surface area contributed by atoms with Gasteiger partial charge in [-0.3, -0.25) is 19.4 Å². The number of amides is 2. The van der Waals surface area contributed by atoms with Gasteiger partial charge in [-0.25, -0.2) is 0 Å². The first-order valence-electron chi connectivity index (χ1n) is 10.8. The number of hydrogen-bond donors (Lipinski definition) is 2. The predicted molar refractivity (Wildman–Crippen MR) is 117 cm³/mol. The molecule has 2 heterocycles. The molecular weight excluding hydrogens is 396 g/mol. The molecule has 1 aliphatic carbocycles. The molecule has 8 heteroatoms. The molecular formula is C23H34N4O4. The number of furan rings is 2. The molecule has 2 amide bonds. The molecule has 0 spiro atoms. The van der Waals surface area contributed by atoms with E-state index < -0.39 is 0 Å². The zero-order valence-electron chi connectivity index (χ0n) is 18.8. The minimum Gasteiger partial charge on any atom is -0.468 e. The van der Waals surface area contributed by atoms with Gasteiger partial charge in [-0.15, -0.1) is 0 Å². The molecule has 0 aliphatic heterocycles. The number of rotatable bonds is 10. The number of likely N-dealkylation sites (N-methyl/N-ethyl adjacent to an activating group) is 2. The van der Waals surface area contributed by atoms with Gasteiger partial charge >= 0.3 is 0 Å². The van der Waals surface area contributed by atoms with Gasteiger partial charge in [-0.05, 0) is 65.3 Å². The van der Waals surface area contributed by atoms with Gasteiger partial charge in [0.1, 0.15) is 11.5 Å². The number of hydrogen-bond acceptors (Lipinski definition) is 6. The number of nitrogens with one attached hydrogen (secondary N) is 2. The van der Waals surface area contributed by atoms with E-state index in [2.05, 4.69) is 10.6 Å². The van der Waals surface area contributed by atoms with Crippen LogP contribution in [0.5, 0.6) is 0 Å². The summed E-state index contributed by atoms with van der Waals surface area (Å²) in [5.74, 6) is 0.872. The highest BCUT2D eigenvalue weighted by Crippen LogP contribution is 2.32. The molecule has 3 rings (SSSR count). The largest absolute Gasteiger partial charge is 0.468 e. The fourth-order valence-corrected chi connectivity index (χ4v) is 4.28. The third kappa shape index (κ3) is 5.77. The van der Waals surface area contributed by atoms with Gasteiger partial charge in [-0.2, -0.15) is 0 Å². The van der Waals surface area contributed by atoms with Crippen molar-refractivity contribution in [3.63, 3.8) is 0 Å². The smallest absolute Gasteiger partial charge is 0.223 e. The summed E-state index contributed by atoms with van der Waals surface area (Å²) in [5.41, 5.74) is 0. The molecule has 1 fully saturated rings. The Bertz CT molecular complexity index is 749. The van der Waals surface area contributed by atoms with Crippen molar-refractivity contribution < 1.29 is 18.4 Å². The number of nitrogens with zero attached hydrogens (tertiary/aromatic N) is 2. The Morgan fingerprint density at radius 2 is 1.29 bits per heavy atom. The molecule has 0 radical (unpaired) electrons. The summed E-state index contributed by atoms with van der Waals surface area (Å²) in [6.45, 7) is 0.872. The van der Waals surface area contributed by atoms with Crippen LogP contribution in [0.1, 0.15) is 42.9 Å². The fourth-order valence-electron chi connectivity index (χ4n) is 4.28. The first-order valence-corrected chi connectivity index (χ1v) is 10.8. The van der Waals surface area contributed by atoms with Crippen molar-refractivity contribution in [2.75, 3.05) is 41.3 Å². The molecule has 8 nitrogen and oxygen atoms in total. The Balaban J connectivity index is 1.55. The second-order valence-corrected chi connectivity index (χ2v) is 8.62. The van der Waals surface area contributed by atoms with E-state index >= 15 is 0 Å². The highest BCUT2D eigenvalue weighted by Gasteiger charge is 2.38. The predicted octanol–water partition coefficient (Wildman–Crippen LogP) is 2.43. The van der Waals surface area contributed by atoms with Crippen molar-refractivity contribution in [1.29, 1.82) is 0 Å². The molecule has 0 saturated heterocycles. The fraction of sp³-hybridized carbons (Fsp3) is 0.565. The summed E-state index contributed by atoms with van der Waals surface area (Å²) in [4.78, 5) is 29.9. The lowest BCUT2D eigenvalue weighted by Crippen LogP contribution is -2.43. The molecule has 1 saturated carbocycles. The standard InChI is InChI=1S/C23H34N4O4/c1-26(2)18(20-10-6-12-30-20)14-24-22(28)16-8-5-9-17(16)23(29)25-15-19(27(3)4)21-11-7-13-31-21/h6-7,10-13,16-19H,5,8-9,14-15H2,1-4H3,(H,24,28)(H,25,29)/t16-,17+,18-,19+. The van der Waals surface area contributed by atoms with E-state index in [1.165, 1.54) is 0 Å². The van der Waals surface area contributed by atoms with Gasteiger partial charge in [0.2, 0.25) is 11.8 Å². The van der Waals surface area contributed by atoms with Crippen LogP contribution in [0.3, 0.4) is 0 Å². The Kier molecular flexibility index (Phi) is 7.92. The maximum atomic E-state index is 12.9. The minimum atomic E-state index is -0.305. The van der Waals surface area contributed by atoms with E-state index in [4.69, 9.17) is 8.83 Å². The third-order valence-corrected chi connectivity index (χ3v) is 6.12. The lowest BCUT2D eigenvalue weighted by molar-refractivity contribution is -0.133. The van der Waals surface area contributed by atoms with Crippen molar-refractivity contribution >= 4 is 11.8 Å². The molecule has 31 heavy (non-hydrogen) atoms. The summed E-state index contributed by atoms with van der Waals surface area (Å²) in [7, 11) is 7.80. The van der Waals surface area contributed by atoms with E-state index in [-0.39, 0.29) is 35.7 Å². The van der Waals surface area contributed by atoms with Crippen LogP contribution in [0.2, 0.25) is 0 Å². The quantitative estimate of drug-likeness (QED) is 0.602. The van der Waals surface area contributed by atoms with Crippen LogP contribution in [0.4, 0.5) is 0 Å². The van der Waals surface area contributed by atoms with E-state index in [0.29, 0.717) is 13.1 Å². The molecule has 1 aliphatic rings. The van der Waals surface area contributed by atoms with Crippen LogP contribution >= 0.6 is 0 Å². The maximum absolute atomic E-state index is 12.9. The van der Waals surface area contributed by atoms with Crippen molar-refractivity contribution in [3.05, 3.63) is 48.3 Å². The van der Waals surface area contributed by atoms with Gasteiger partial charge in [0.15, 0.2) is 0 Å². The molecule has 170 valence electrons. The number of carbonyl (C=O) groups excluding carboxylic acids is 2. The first kappa shape index (κ1) is 23.1. The molecule has 2 aromatic heterocycles. The van der Waals surface area contributed by atoms with Gasteiger partial charge in [-0.1, -0.05) is 6.42 Å². The summed E-state index contributed by atoms with van der Waals surface area (Å²) >= 11 is 0. The molecule has 2 N–H and O–H groups in total. The van der Waals surface area contributed by atoms with Gasteiger partial charge in [0.25, 0.3) is 0 Å². The zero-order valence-corrected chi connectivity index (χ0v) is 18.8. The topological polar surface area (TPSA) is 91.0 Å². The summed E-state index contributed by atoms with van der Waals surface area (Å²) in [5, 5.41) is 6.08. The third-order valence-electron chi connectivity index (χ3n) is 6.12. The van der Waals surface area contributed by atoms with E-state index in [9.17, 15) is 9.59 Å². The zero-order chi connectivity index (χ0) is 22.4. The summed E-state index contributed by atoms with van der Waals surface area (Å²) in [6.07, 6.45) is 5.60. The molecule has 2 aromatic rings. The van der Waals surface area contributed by atoms with E-state index in [0.717, 1.165) is 30.8 Å². The maximum Gasteiger partial charge on any atom is 0.223 e. The van der Waals surface area contributed by atoms with Gasteiger partial charge in [0, 0.05) is 24.9 Å². The van der Waals surface area contributed by atoms with Crippen LogP contribution in [0.25, 0.3) is 0 Å². The summed E-state index contributed by atoms with van der Waals surface area (Å²) in [6, 6.07) is 7.39. The molecule has 0 bridgehead atoms. The van der Waals surface area contributed by atoms with Gasteiger partial charge < -0.3 is 19.5 Å². The molecule has 0 unspecified atom stereocenters. The highest BCUT2D eigenvalue weighted by atomic mass is 16.3. The monoisotopic (exact) mass is 430 g/mol. The second-order valence-electron chi connectivity index (χ2n) is 8.62. The van der Waals surface area contributed by atoms with Crippen LogP contribution in [0, 0.1) is 11.8 Å². The van der Waals surface area contributed by atoms with Crippen molar-refractivity contribution in [2.45, 2.75) is 31.3 Å². The van der Waals surface area contributed by atoms with Crippen LogP contribution in [0.15, 0.2) is 45.6 Å². The van der Waals surface area contributed by atoms with E-state index in [1.807, 2.05) is 62.3 Å². The van der Waals surface area contributed by atoms with Gasteiger partial charge in [0.05, 0.1) is 24.6 Å². The normalized spacial score (nSPS) is 20.7. The average Bonchev–Trinajstić information content (AvgIpc) is 3.49. The Labute approximate surface area is 183 Å². The Morgan fingerprint density at radius 3 is 1.61 bits per heavy atom. The van der Waals surface area contributed by atoms with Crippen molar-refractivity contribution in [1.82, 2.24) is 20.4 Å². The van der Waals surface area contributed by atoms with Crippen LogP contribution in [-0.2, 0) is 9.59 Å². The second kappa shape index (κ2) is 10.6. The minimum absolute atomic E-state index is 0.0539. The SMILES string of the molecule is CN(C)[C@H](CNC(=O)[C@@H]1CCC[C@@H]1C(=O)NC[C@@H](c1ccco1)N(C)C)c1ccco1. The number of carbonyl (C=O) groups is 2. The van der Waals surface area contributed by atoms with Crippen LogP contribution in [-0.4, -0.2) is 62.9 Å². The van der Waals surface area contributed by atoms with E-state index in [1.54, 1.807) is 12.5 Å². The molecule has 4 atom stereocenters. The Morgan fingerprint density at radius 1 is 0.871 bits per heavy atom. The lowest BCUT2D eigenvalue weighted by Gasteiger charge is -2.26. The van der Waals surface area contributed by atoms with Crippen molar-refractivity contribution in [3.8, 4) is 0 Å². The van der Waals surface area contributed by atoms with Crippen LogP contribution < -0.4 is 10.6 Å². The summed E-state index contributed by atoms with van der Waals surface area (Å²) < 4.78 is 11.0. The average molecular weight is 431 g/mol. The first-order chi connectivity index (χ1) is 14.9. The Hall–Kier alpha value is -2.58. The lowest BCUT2D eigenvalue weighted by atomic mass is 9.94. The van der Waals surface area contributed by atoms with Crippen molar-refractivity contribution in [2.24, 2.45) is 11.8 Å². The highest BCUT2D eigenvalue weighted by molar-refractivity contribution is 5.88. The molecule has 0 aromatic carbocycles.